The van der Waals surface area contributed by atoms with E-state index in [0.29, 0.717) is 0 Å². The van der Waals surface area contributed by atoms with Crippen LogP contribution in [-0.4, -0.2) is 17.3 Å². The van der Waals surface area contributed by atoms with E-state index >= 15 is 0 Å². The Hall–Kier alpha value is -1.20. The summed E-state index contributed by atoms with van der Waals surface area (Å²) in [4.78, 5) is 10.3. The number of carbonyl (C=O) groups is 1. The third-order valence-corrected chi connectivity index (χ3v) is 2.54. The van der Waals surface area contributed by atoms with Crippen molar-refractivity contribution in [2.24, 2.45) is 0 Å². The second-order valence-corrected chi connectivity index (χ2v) is 3.84. The minimum atomic E-state index is -4.78. The van der Waals surface area contributed by atoms with Crippen LogP contribution in [0.15, 0.2) is 24.3 Å². The predicted octanol–water partition coefficient (Wildman–Crippen LogP) is 4.02. The molecule has 0 radical (unpaired) electrons. The quantitative estimate of drug-likeness (QED) is 0.833. The van der Waals surface area contributed by atoms with Gasteiger partial charge < -0.3 is 5.11 Å². The van der Waals surface area contributed by atoms with E-state index in [1.807, 2.05) is 0 Å². The summed E-state index contributed by atoms with van der Waals surface area (Å²) in [6.07, 6.45) is -4.70. The first-order valence-electron chi connectivity index (χ1n) is 4.19. The van der Waals surface area contributed by atoms with E-state index < -0.39 is 17.7 Å². The number of alkyl halides is 3. The Kier molecular flexibility index (Phi) is 4.06. The summed E-state index contributed by atoms with van der Waals surface area (Å²) in [6.45, 7) is 0. The van der Waals surface area contributed by atoms with Gasteiger partial charge in [0.25, 0.3) is 0 Å². The van der Waals surface area contributed by atoms with Crippen LogP contribution in [0, 0.1) is 0 Å². The van der Waals surface area contributed by atoms with Crippen molar-refractivity contribution >= 4 is 34.7 Å². The largest absolute Gasteiger partial charge is 0.478 e. The molecule has 0 amide bonds. The molecule has 1 N–H and O–H groups in total. The highest BCUT2D eigenvalue weighted by Gasteiger charge is 2.35. The van der Waals surface area contributed by atoms with Gasteiger partial charge in [0.1, 0.15) is 0 Å². The van der Waals surface area contributed by atoms with Crippen molar-refractivity contribution in [2.75, 3.05) is 0 Å². The summed E-state index contributed by atoms with van der Waals surface area (Å²) in [5, 5.41) is 8.41. The molecule has 0 aliphatic rings. The van der Waals surface area contributed by atoms with Gasteiger partial charge in [0.2, 0.25) is 0 Å². The van der Waals surface area contributed by atoms with Crippen molar-refractivity contribution in [3.8, 4) is 0 Å². The Morgan fingerprint density at radius 1 is 1.24 bits per heavy atom. The highest BCUT2D eigenvalue weighted by atomic mass is 35.5. The molecular weight excluding hydrogens is 280 g/mol. The van der Waals surface area contributed by atoms with Crippen LogP contribution in [0.3, 0.4) is 0 Å². The van der Waals surface area contributed by atoms with Crippen molar-refractivity contribution < 1.29 is 23.1 Å². The Balaban J connectivity index is 3.33. The van der Waals surface area contributed by atoms with Gasteiger partial charge in [-0.25, -0.2) is 4.79 Å². The van der Waals surface area contributed by atoms with E-state index in [2.05, 4.69) is 0 Å². The third-order valence-electron chi connectivity index (χ3n) is 1.80. The van der Waals surface area contributed by atoms with Crippen LogP contribution in [0.1, 0.15) is 5.56 Å². The first-order chi connectivity index (χ1) is 7.71. The normalized spacial score (nSPS) is 12.6. The molecule has 0 heterocycles. The van der Waals surface area contributed by atoms with Crippen LogP contribution in [0.4, 0.5) is 13.2 Å². The lowest BCUT2D eigenvalue weighted by molar-refractivity contribution is -0.131. The van der Waals surface area contributed by atoms with E-state index in [-0.39, 0.29) is 21.7 Å². The molecule has 0 atom stereocenters. The van der Waals surface area contributed by atoms with Crippen molar-refractivity contribution in [1.82, 2.24) is 0 Å². The summed E-state index contributed by atoms with van der Waals surface area (Å²) >= 11 is 11.1. The van der Waals surface area contributed by atoms with Crippen LogP contribution < -0.4 is 0 Å². The minimum absolute atomic E-state index is 0.0790. The van der Waals surface area contributed by atoms with Gasteiger partial charge in [0.05, 0.1) is 15.6 Å². The summed E-state index contributed by atoms with van der Waals surface area (Å²) in [5.41, 5.74) is -1.64. The molecule has 0 bridgehead atoms. The molecule has 0 aromatic heterocycles. The maximum absolute atomic E-state index is 12.6. The molecule has 0 saturated carbocycles. The van der Waals surface area contributed by atoms with E-state index in [1.165, 1.54) is 6.07 Å². The number of rotatable bonds is 2. The van der Waals surface area contributed by atoms with E-state index in [9.17, 15) is 18.0 Å². The van der Waals surface area contributed by atoms with Crippen molar-refractivity contribution in [1.29, 1.82) is 0 Å². The van der Waals surface area contributed by atoms with Crippen molar-refractivity contribution in [3.63, 3.8) is 0 Å². The first-order valence-corrected chi connectivity index (χ1v) is 4.94. The molecule has 1 rings (SSSR count). The summed E-state index contributed by atoms with van der Waals surface area (Å²) in [5.74, 6) is -1.69. The summed E-state index contributed by atoms with van der Waals surface area (Å²) < 4.78 is 37.8. The monoisotopic (exact) mass is 284 g/mol. The highest BCUT2D eigenvalue weighted by Crippen LogP contribution is 2.36. The number of halogens is 5. The second kappa shape index (κ2) is 4.98. The Labute approximate surface area is 104 Å². The van der Waals surface area contributed by atoms with Gasteiger partial charge in [-0.05, 0) is 17.7 Å². The number of carboxylic acids is 1. The third kappa shape index (κ3) is 3.64. The van der Waals surface area contributed by atoms with Crippen LogP contribution in [0.25, 0.3) is 5.57 Å². The fraction of sp³-hybridized carbons (Fsp3) is 0.100. The van der Waals surface area contributed by atoms with Crippen molar-refractivity contribution in [3.05, 3.63) is 39.9 Å². The lowest BCUT2D eigenvalue weighted by atomic mass is 10.1. The van der Waals surface area contributed by atoms with Gasteiger partial charge in [-0.1, -0.05) is 29.3 Å². The van der Waals surface area contributed by atoms with Crippen LogP contribution in [0.5, 0.6) is 0 Å². The molecule has 7 heteroatoms. The van der Waals surface area contributed by atoms with Gasteiger partial charge in [0.15, 0.2) is 0 Å². The number of hydrogen-bond donors (Lipinski definition) is 1. The average molecular weight is 285 g/mol. The predicted molar refractivity (Wildman–Crippen MR) is 58.1 cm³/mol. The molecule has 92 valence electrons. The maximum atomic E-state index is 12.6. The molecule has 1 aromatic rings. The Bertz CT molecular complexity index is 481. The van der Waals surface area contributed by atoms with Gasteiger partial charge in [-0.3, -0.25) is 0 Å². The fourth-order valence-corrected chi connectivity index (χ4v) is 1.41. The molecule has 0 aliphatic carbocycles. The number of benzene rings is 1. The second-order valence-electron chi connectivity index (χ2n) is 3.02. The molecule has 17 heavy (non-hydrogen) atoms. The smallest absolute Gasteiger partial charge is 0.417 e. The maximum Gasteiger partial charge on any atom is 0.417 e. The molecule has 0 fully saturated rings. The summed E-state index contributed by atoms with van der Waals surface area (Å²) in [7, 11) is 0. The Morgan fingerprint density at radius 2 is 1.82 bits per heavy atom. The molecule has 0 aliphatic heterocycles. The minimum Gasteiger partial charge on any atom is -0.478 e. The SMILES string of the molecule is O=C(O)/C=C(/c1ccc(Cl)c(Cl)c1)C(F)(F)F. The van der Waals surface area contributed by atoms with Crippen LogP contribution in [0.2, 0.25) is 10.0 Å². The lowest BCUT2D eigenvalue weighted by Crippen LogP contribution is -2.12. The number of aliphatic carboxylic acids is 1. The number of hydrogen-bond acceptors (Lipinski definition) is 1. The zero-order valence-corrected chi connectivity index (χ0v) is 9.57. The molecule has 2 nitrogen and oxygen atoms in total. The fourth-order valence-electron chi connectivity index (χ4n) is 1.12. The Morgan fingerprint density at radius 3 is 2.24 bits per heavy atom. The number of allylic oxidation sites excluding steroid dienone is 1. The summed E-state index contributed by atoms with van der Waals surface area (Å²) in [6, 6.07) is 3.18. The topological polar surface area (TPSA) is 37.3 Å². The van der Waals surface area contributed by atoms with Gasteiger partial charge in [-0.2, -0.15) is 13.2 Å². The molecule has 0 saturated heterocycles. The molecule has 0 spiro atoms. The first kappa shape index (κ1) is 13.9. The molecule has 1 aromatic carbocycles. The average Bonchev–Trinajstić information content (AvgIpc) is 2.17. The van der Waals surface area contributed by atoms with Gasteiger partial charge >= 0.3 is 12.1 Å². The van der Waals surface area contributed by atoms with Crippen LogP contribution >= 0.6 is 23.2 Å². The zero-order chi connectivity index (χ0) is 13.2. The van der Waals surface area contributed by atoms with Crippen LogP contribution in [-0.2, 0) is 4.79 Å². The standard InChI is InChI=1S/C10H5Cl2F3O2/c11-7-2-1-5(3-8(7)12)6(4-9(16)17)10(13,14)15/h1-4H,(H,16,17)/b6-4-. The zero-order valence-electron chi connectivity index (χ0n) is 8.05. The number of carboxylic acid groups (broad SMARTS) is 1. The highest BCUT2D eigenvalue weighted by molar-refractivity contribution is 6.42. The van der Waals surface area contributed by atoms with Crippen molar-refractivity contribution in [2.45, 2.75) is 6.18 Å². The molecule has 0 unspecified atom stereocenters. The van der Waals surface area contributed by atoms with E-state index in [0.717, 1.165) is 12.1 Å². The molecular formula is C10H5Cl2F3O2. The van der Waals surface area contributed by atoms with E-state index in [1.54, 1.807) is 0 Å². The lowest BCUT2D eigenvalue weighted by Gasteiger charge is -2.11. The van der Waals surface area contributed by atoms with Gasteiger partial charge in [-0.15, -0.1) is 0 Å². The van der Waals surface area contributed by atoms with Gasteiger partial charge in [0, 0.05) is 6.08 Å². The van der Waals surface area contributed by atoms with E-state index in [4.69, 9.17) is 28.3 Å².